The lowest BCUT2D eigenvalue weighted by molar-refractivity contribution is 0.400. The molecular weight excluding hydrogens is 304 g/mol. The van der Waals surface area contributed by atoms with E-state index in [4.69, 9.17) is 0 Å². The number of sulfonamides is 1. The molecule has 120 valence electrons. The number of rotatable bonds is 5. The summed E-state index contributed by atoms with van der Waals surface area (Å²) in [7, 11) is -1.51. The largest absolute Gasteiger partial charge is 0.315 e. The Hall–Kier alpha value is -0.430. The summed E-state index contributed by atoms with van der Waals surface area (Å²) in [5.74, 6) is 0.417. The molecule has 0 aliphatic heterocycles. The molecule has 0 aromatic carbocycles. The van der Waals surface area contributed by atoms with Gasteiger partial charge in [0.25, 0.3) is 0 Å². The summed E-state index contributed by atoms with van der Waals surface area (Å²) in [6.45, 7) is 4.84. The molecule has 1 aromatic rings. The third-order valence-electron chi connectivity index (χ3n) is 4.27. The van der Waals surface area contributed by atoms with Gasteiger partial charge in [-0.15, -0.1) is 11.3 Å². The van der Waals surface area contributed by atoms with E-state index in [2.05, 4.69) is 17.0 Å². The van der Waals surface area contributed by atoms with Gasteiger partial charge < -0.3 is 5.32 Å². The predicted octanol–water partition coefficient (Wildman–Crippen LogP) is 3.02. The van der Waals surface area contributed by atoms with Crippen LogP contribution in [0.2, 0.25) is 0 Å². The predicted molar refractivity (Wildman–Crippen MR) is 88.2 cm³/mol. The van der Waals surface area contributed by atoms with Gasteiger partial charge in [0, 0.05) is 17.5 Å². The van der Waals surface area contributed by atoms with Gasteiger partial charge in [0.1, 0.15) is 4.21 Å². The monoisotopic (exact) mass is 330 g/mol. The fourth-order valence-corrected chi connectivity index (χ4v) is 5.88. The van der Waals surface area contributed by atoms with Crippen molar-refractivity contribution in [3.05, 3.63) is 16.5 Å². The molecule has 1 saturated carbocycles. The third-order valence-corrected chi connectivity index (χ3v) is 7.47. The van der Waals surface area contributed by atoms with Crippen molar-refractivity contribution in [2.45, 2.75) is 62.7 Å². The van der Waals surface area contributed by atoms with E-state index in [1.54, 1.807) is 6.07 Å². The van der Waals surface area contributed by atoms with Gasteiger partial charge in [-0.3, -0.25) is 0 Å². The van der Waals surface area contributed by atoms with Crippen LogP contribution in [0.15, 0.2) is 10.3 Å². The molecule has 1 aliphatic rings. The van der Waals surface area contributed by atoms with Crippen molar-refractivity contribution in [2.24, 2.45) is 5.92 Å². The molecule has 21 heavy (non-hydrogen) atoms. The summed E-state index contributed by atoms with van der Waals surface area (Å²) in [5.41, 5.74) is 1.05. The Balaban J connectivity index is 2.15. The van der Waals surface area contributed by atoms with E-state index >= 15 is 0 Å². The molecule has 2 rings (SSSR count). The van der Waals surface area contributed by atoms with Crippen LogP contribution < -0.4 is 10.0 Å². The van der Waals surface area contributed by atoms with Gasteiger partial charge in [-0.25, -0.2) is 13.1 Å². The molecule has 1 heterocycles. The lowest BCUT2D eigenvalue weighted by atomic mass is 9.98. The molecular formula is C15H26N2O2S2. The van der Waals surface area contributed by atoms with E-state index in [1.807, 2.05) is 14.0 Å². The molecule has 0 bridgehead atoms. The van der Waals surface area contributed by atoms with Crippen molar-refractivity contribution >= 4 is 21.4 Å². The first kappa shape index (κ1) is 16.9. The molecule has 1 aliphatic carbocycles. The summed E-state index contributed by atoms with van der Waals surface area (Å²) in [4.78, 5) is 1.09. The highest BCUT2D eigenvalue weighted by Gasteiger charge is 2.27. The van der Waals surface area contributed by atoms with E-state index < -0.39 is 10.0 Å². The number of hydrogen-bond donors (Lipinski definition) is 2. The summed E-state index contributed by atoms with van der Waals surface area (Å²) >= 11 is 1.37. The van der Waals surface area contributed by atoms with Crippen LogP contribution in [0, 0.1) is 12.8 Å². The maximum Gasteiger partial charge on any atom is 0.250 e. The molecule has 0 saturated heterocycles. The fraction of sp³-hybridized carbons (Fsp3) is 0.733. The number of thiophene rings is 1. The Morgan fingerprint density at radius 1 is 1.29 bits per heavy atom. The summed E-state index contributed by atoms with van der Waals surface area (Å²) in [5, 5.41) is 3.08. The summed E-state index contributed by atoms with van der Waals surface area (Å²) in [6.07, 6.45) is 5.61. The topological polar surface area (TPSA) is 58.2 Å². The van der Waals surface area contributed by atoms with Crippen molar-refractivity contribution in [3.8, 4) is 0 Å². The number of nitrogens with one attached hydrogen (secondary N) is 2. The minimum Gasteiger partial charge on any atom is -0.315 e. The number of aryl methyl sites for hydroxylation is 1. The maximum atomic E-state index is 12.6. The van der Waals surface area contributed by atoms with Crippen molar-refractivity contribution in [2.75, 3.05) is 7.05 Å². The molecule has 2 atom stereocenters. The SMILES string of the molecule is CNCc1sc(S(=O)(=O)NC2CCCCCC2C)cc1C. The van der Waals surface area contributed by atoms with E-state index in [1.165, 1.54) is 24.2 Å². The van der Waals surface area contributed by atoms with Crippen molar-refractivity contribution in [1.29, 1.82) is 0 Å². The van der Waals surface area contributed by atoms with Crippen LogP contribution in [-0.4, -0.2) is 21.5 Å². The Labute approximate surface area is 132 Å². The first-order valence-corrected chi connectivity index (χ1v) is 10.00. The summed E-state index contributed by atoms with van der Waals surface area (Å²) in [6, 6.07) is 1.87. The van der Waals surface area contributed by atoms with Gasteiger partial charge in [-0.05, 0) is 44.4 Å². The zero-order chi connectivity index (χ0) is 15.5. The second kappa shape index (κ2) is 7.22. The van der Waals surface area contributed by atoms with Gasteiger partial charge in [0.05, 0.1) is 0 Å². The molecule has 1 fully saturated rings. The second-order valence-corrected chi connectivity index (χ2v) is 9.12. The van der Waals surface area contributed by atoms with E-state index in [0.29, 0.717) is 16.7 Å². The smallest absolute Gasteiger partial charge is 0.250 e. The van der Waals surface area contributed by atoms with Crippen LogP contribution >= 0.6 is 11.3 Å². The van der Waals surface area contributed by atoms with Gasteiger partial charge >= 0.3 is 0 Å². The lowest BCUT2D eigenvalue weighted by Crippen LogP contribution is -2.38. The quantitative estimate of drug-likeness (QED) is 0.816. The zero-order valence-corrected chi connectivity index (χ0v) is 14.7. The van der Waals surface area contributed by atoms with Crippen LogP contribution in [-0.2, 0) is 16.6 Å². The Morgan fingerprint density at radius 2 is 2.00 bits per heavy atom. The van der Waals surface area contributed by atoms with Crippen LogP contribution in [0.1, 0.15) is 49.5 Å². The highest BCUT2D eigenvalue weighted by molar-refractivity contribution is 7.91. The molecule has 2 N–H and O–H groups in total. The molecule has 0 spiro atoms. The number of hydrogen-bond acceptors (Lipinski definition) is 4. The molecule has 0 amide bonds. The maximum absolute atomic E-state index is 12.6. The molecule has 2 unspecified atom stereocenters. The van der Waals surface area contributed by atoms with Crippen molar-refractivity contribution < 1.29 is 8.42 Å². The van der Waals surface area contributed by atoms with E-state index in [0.717, 1.165) is 29.7 Å². The van der Waals surface area contributed by atoms with Gasteiger partial charge in [-0.2, -0.15) is 0 Å². The van der Waals surface area contributed by atoms with Gasteiger partial charge in [-0.1, -0.05) is 26.2 Å². The molecule has 4 nitrogen and oxygen atoms in total. The Bertz CT molecular complexity index is 566. The first-order valence-electron chi connectivity index (χ1n) is 7.70. The lowest BCUT2D eigenvalue weighted by Gasteiger charge is -2.22. The molecule has 0 radical (unpaired) electrons. The van der Waals surface area contributed by atoms with E-state index in [9.17, 15) is 8.42 Å². The normalized spacial score (nSPS) is 24.0. The van der Waals surface area contributed by atoms with Crippen molar-refractivity contribution in [3.63, 3.8) is 0 Å². The Kier molecular flexibility index (Phi) is 5.82. The molecule has 1 aromatic heterocycles. The average Bonchev–Trinajstić information content (AvgIpc) is 2.68. The zero-order valence-electron chi connectivity index (χ0n) is 13.1. The Morgan fingerprint density at radius 3 is 2.71 bits per heavy atom. The standard InChI is InChI=1S/C15H26N2O2S2/c1-11-7-5-4-6-8-13(11)17-21(18,19)15-9-12(2)14(20-15)10-16-3/h9,11,13,16-17H,4-8,10H2,1-3H3. The van der Waals surface area contributed by atoms with Gasteiger partial charge in [0.2, 0.25) is 10.0 Å². The minimum atomic E-state index is -3.39. The van der Waals surface area contributed by atoms with E-state index in [-0.39, 0.29) is 6.04 Å². The highest BCUT2D eigenvalue weighted by Crippen LogP contribution is 2.28. The highest BCUT2D eigenvalue weighted by atomic mass is 32.2. The fourth-order valence-electron chi connectivity index (χ4n) is 2.88. The van der Waals surface area contributed by atoms with Gasteiger partial charge in [0.15, 0.2) is 0 Å². The molecule has 6 heteroatoms. The first-order chi connectivity index (χ1) is 9.94. The van der Waals surface area contributed by atoms with Crippen molar-refractivity contribution in [1.82, 2.24) is 10.0 Å². The minimum absolute atomic E-state index is 0.0765. The average molecular weight is 331 g/mol. The van der Waals surface area contributed by atoms with Crippen LogP contribution in [0.5, 0.6) is 0 Å². The van der Waals surface area contributed by atoms with Crippen LogP contribution in [0.3, 0.4) is 0 Å². The van der Waals surface area contributed by atoms with Crippen LogP contribution in [0.25, 0.3) is 0 Å². The third kappa shape index (κ3) is 4.28. The van der Waals surface area contributed by atoms with Crippen LogP contribution in [0.4, 0.5) is 0 Å². The summed E-state index contributed by atoms with van der Waals surface area (Å²) < 4.78 is 28.6. The second-order valence-electron chi connectivity index (χ2n) is 6.05.